The lowest BCUT2D eigenvalue weighted by Crippen LogP contribution is -2.44. The third kappa shape index (κ3) is 3.16. The van der Waals surface area contributed by atoms with Crippen LogP contribution in [0.1, 0.15) is 20.3 Å². The van der Waals surface area contributed by atoms with Crippen molar-refractivity contribution in [2.45, 2.75) is 31.8 Å². The molecule has 0 aliphatic heterocycles. The van der Waals surface area contributed by atoms with Crippen molar-refractivity contribution in [1.82, 2.24) is 5.32 Å². The molecule has 0 bridgehead atoms. The normalized spacial score (nSPS) is 30.4. The Morgan fingerprint density at radius 2 is 2.33 bits per heavy atom. The molecule has 1 aliphatic rings. The summed E-state index contributed by atoms with van der Waals surface area (Å²) in [6.07, 6.45) is 7.25. The van der Waals surface area contributed by atoms with Crippen molar-refractivity contribution in [3.8, 4) is 0 Å². The van der Waals surface area contributed by atoms with E-state index in [4.69, 9.17) is 10.5 Å². The van der Waals surface area contributed by atoms with Gasteiger partial charge in [-0.2, -0.15) is 0 Å². The monoisotopic (exact) mass is 210 g/mol. The summed E-state index contributed by atoms with van der Waals surface area (Å²) in [6.45, 7) is 5.85. The summed E-state index contributed by atoms with van der Waals surface area (Å²) in [5, 5.41) is 3.36. The van der Waals surface area contributed by atoms with E-state index in [0.717, 1.165) is 13.0 Å². The number of hydrogen-bond donors (Lipinski definition) is 2. The molecule has 0 saturated heterocycles. The van der Waals surface area contributed by atoms with Crippen molar-refractivity contribution in [1.29, 1.82) is 0 Å². The second-order valence-electron chi connectivity index (χ2n) is 4.08. The fraction of sp³-hybridized carbons (Fsp3) is 0.667. The first kappa shape index (κ1) is 12.4. The Hall–Kier alpha value is -0.640. The molecule has 0 aromatic heterocycles. The number of nitrogens with one attached hydrogen (secondary N) is 1. The van der Waals surface area contributed by atoms with Crippen LogP contribution in [-0.4, -0.2) is 31.8 Å². The molecule has 0 heterocycles. The number of hydrogen-bond acceptors (Lipinski definition) is 3. The molecule has 0 spiro atoms. The van der Waals surface area contributed by atoms with E-state index in [1.165, 1.54) is 5.57 Å². The lowest BCUT2D eigenvalue weighted by atomic mass is 9.83. The lowest BCUT2D eigenvalue weighted by Gasteiger charge is -2.32. The van der Waals surface area contributed by atoms with Crippen LogP contribution in [0, 0.1) is 0 Å². The molecule has 86 valence electrons. The molecular formula is C12H22N2O. The number of methoxy groups -OCH3 is 1. The van der Waals surface area contributed by atoms with Gasteiger partial charge in [-0.25, -0.2) is 0 Å². The predicted octanol–water partition coefficient (Wildman–Crippen LogP) is 1.21. The number of likely N-dealkylation sites (N-methyl/N-ethyl adjacent to an activating group) is 1. The van der Waals surface area contributed by atoms with Crippen molar-refractivity contribution in [3.05, 3.63) is 23.8 Å². The molecule has 15 heavy (non-hydrogen) atoms. The van der Waals surface area contributed by atoms with Gasteiger partial charge in [-0.1, -0.05) is 30.7 Å². The van der Waals surface area contributed by atoms with Gasteiger partial charge in [0.25, 0.3) is 0 Å². The van der Waals surface area contributed by atoms with Gasteiger partial charge in [-0.15, -0.1) is 0 Å². The van der Waals surface area contributed by atoms with Crippen LogP contribution < -0.4 is 11.1 Å². The van der Waals surface area contributed by atoms with Gasteiger partial charge >= 0.3 is 0 Å². The summed E-state index contributed by atoms with van der Waals surface area (Å²) in [6, 6.07) is 0.328. The quantitative estimate of drug-likeness (QED) is 0.671. The Morgan fingerprint density at radius 1 is 1.60 bits per heavy atom. The first-order valence-electron chi connectivity index (χ1n) is 5.52. The molecule has 0 amide bonds. The van der Waals surface area contributed by atoms with Crippen LogP contribution in [0.2, 0.25) is 0 Å². The molecule has 0 fully saturated rings. The minimum atomic E-state index is -0.318. The minimum Gasteiger partial charge on any atom is -0.385 e. The molecule has 0 saturated carbocycles. The summed E-state index contributed by atoms with van der Waals surface area (Å²) in [7, 11) is 1.70. The topological polar surface area (TPSA) is 47.3 Å². The molecule has 3 nitrogen and oxygen atoms in total. The maximum Gasteiger partial charge on any atom is 0.0575 e. The van der Waals surface area contributed by atoms with Gasteiger partial charge < -0.3 is 15.8 Å². The van der Waals surface area contributed by atoms with Crippen molar-refractivity contribution in [2.75, 3.05) is 20.3 Å². The van der Waals surface area contributed by atoms with E-state index >= 15 is 0 Å². The van der Waals surface area contributed by atoms with E-state index in [1.807, 2.05) is 0 Å². The minimum absolute atomic E-state index is 0.318. The van der Waals surface area contributed by atoms with Crippen molar-refractivity contribution in [2.24, 2.45) is 5.73 Å². The smallest absolute Gasteiger partial charge is 0.0575 e. The van der Waals surface area contributed by atoms with Crippen LogP contribution >= 0.6 is 0 Å². The highest BCUT2D eigenvalue weighted by Crippen LogP contribution is 2.24. The number of rotatable bonds is 5. The summed E-state index contributed by atoms with van der Waals surface area (Å²) in [5.41, 5.74) is 7.18. The third-order valence-electron chi connectivity index (χ3n) is 2.92. The molecule has 0 radical (unpaired) electrons. The van der Waals surface area contributed by atoms with E-state index in [2.05, 4.69) is 37.4 Å². The number of nitrogens with two attached hydrogens (primary N) is 1. The molecule has 0 aromatic carbocycles. The summed E-state index contributed by atoms with van der Waals surface area (Å²) < 4.78 is 5.08. The van der Waals surface area contributed by atoms with Crippen LogP contribution in [-0.2, 0) is 4.74 Å². The van der Waals surface area contributed by atoms with Crippen molar-refractivity contribution < 1.29 is 4.74 Å². The average molecular weight is 210 g/mol. The van der Waals surface area contributed by atoms with E-state index < -0.39 is 0 Å². The van der Waals surface area contributed by atoms with Gasteiger partial charge in [0.1, 0.15) is 0 Å². The van der Waals surface area contributed by atoms with Gasteiger partial charge in [-0.05, 0) is 19.9 Å². The van der Waals surface area contributed by atoms with Gasteiger partial charge in [0.15, 0.2) is 0 Å². The Balaban J connectivity index is 2.64. The zero-order chi connectivity index (χ0) is 11.3. The summed E-state index contributed by atoms with van der Waals surface area (Å²) >= 11 is 0. The first-order valence-corrected chi connectivity index (χ1v) is 5.52. The first-order chi connectivity index (χ1) is 7.12. The Bertz CT molecular complexity index is 260. The molecule has 2 atom stereocenters. The molecular weight excluding hydrogens is 188 g/mol. The fourth-order valence-electron chi connectivity index (χ4n) is 1.80. The van der Waals surface area contributed by atoms with Crippen LogP contribution in [0.25, 0.3) is 0 Å². The molecule has 0 aromatic rings. The van der Waals surface area contributed by atoms with Crippen LogP contribution in [0.3, 0.4) is 0 Å². The zero-order valence-electron chi connectivity index (χ0n) is 9.92. The van der Waals surface area contributed by atoms with Crippen molar-refractivity contribution in [3.63, 3.8) is 0 Å². The zero-order valence-corrected chi connectivity index (χ0v) is 9.92. The number of ether oxygens (including phenoxy) is 1. The second-order valence-corrected chi connectivity index (χ2v) is 4.08. The van der Waals surface area contributed by atoms with E-state index in [1.54, 1.807) is 7.11 Å². The molecule has 2 unspecified atom stereocenters. The largest absolute Gasteiger partial charge is 0.385 e. The predicted molar refractivity (Wildman–Crippen MR) is 63.8 cm³/mol. The fourth-order valence-corrected chi connectivity index (χ4v) is 1.80. The van der Waals surface area contributed by atoms with Gasteiger partial charge in [0, 0.05) is 19.8 Å². The Morgan fingerprint density at radius 3 is 2.87 bits per heavy atom. The standard InChI is InChI=1S/C12H22N2O/c1-4-14-11-5-6-12(13,7-8-15-3)10(2)9-11/h5-6,9,11,14H,4,7-8,13H2,1-3H3. The van der Waals surface area contributed by atoms with Gasteiger partial charge in [0.05, 0.1) is 5.54 Å². The highest BCUT2D eigenvalue weighted by Gasteiger charge is 2.26. The molecule has 3 heteroatoms. The highest BCUT2D eigenvalue weighted by atomic mass is 16.5. The Labute approximate surface area is 92.4 Å². The van der Waals surface area contributed by atoms with Crippen LogP contribution in [0.15, 0.2) is 23.8 Å². The van der Waals surface area contributed by atoms with Gasteiger partial charge in [-0.3, -0.25) is 0 Å². The average Bonchev–Trinajstić information content (AvgIpc) is 2.22. The summed E-state index contributed by atoms with van der Waals surface area (Å²) in [4.78, 5) is 0. The van der Waals surface area contributed by atoms with Gasteiger partial charge in [0.2, 0.25) is 0 Å². The summed E-state index contributed by atoms with van der Waals surface area (Å²) in [5.74, 6) is 0. The SMILES string of the molecule is CCNC1C=CC(N)(CCOC)C(C)=C1. The van der Waals surface area contributed by atoms with E-state index in [0.29, 0.717) is 12.6 Å². The molecule has 3 N–H and O–H groups in total. The van der Waals surface area contributed by atoms with E-state index in [-0.39, 0.29) is 5.54 Å². The van der Waals surface area contributed by atoms with E-state index in [9.17, 15) is 0 Å². The third-order valence-corrected chi connectivity index (χ3v) is 2.92. The second kappa shape index (κ2) is 5.45. The maximum absolute atomic E-state index is 6.28. The van der Waals surface area contributed by atoms with Crippen molar-refractivity contribution >= 4 is 0 Å². The lowest BCUT2D eigenvalue weighted by molar-refractivity contribution is 0.182. The maximum atomic E-state index is 6.28. The molecule has 1 aliphatic carbocycles. The highest BCUT2D eigenvalue weighted by molar-refractivity contribution is 5.34. The van der Waals surface area contributed by atoms with Crippen LogP contribution in [0.5, 0.6) is 0 Å². The van der Waals surface area contributed by atoms with Crippen LogP contribution in [0.4, 0.5) is 0 Å². The molecule has 1 rings (SSSR count). The Kier molecular flexibility index (Phi) is 4.51.